The van der Waals surface area contributed by atoms with Crippen LogP contribution in [0, 0.1) is 0 Å². The average molecular weight is 425 g/mol. The molecule has 0 bridgehead atoms. The minimum absolute atomic E-state index is 0.0879. The van der Waals surface area contributed by atoms with E-state index in [4.69, 9.17) is 0 Å². The molecule has 8 heteroatoms. The van der Waals surface area contributed by atoms with E-state index in [0.29, 0.717) is 18.7 Å². The summed E-state index contributed by atoms with van der Waals surface area (Å²) in [6, 6.07) is 13.1. The predicted octanol–water partition coefficient (Wildman–Crippen LogP) is 3.15. The van der Waals surface area contributed by atoms with Crippen molar-refractivity contribution in [1.82, 2.24) is 9.03 Å². The number of aryl methyl sites for hydroxylation is 1. The Balaban J connectivity index is 2.08. The number of hydrogen-bond acceptors (Lipinski definition) is 4. The molecule has 1 N–H and O–H groups in total. The highest BCUT2D eigenvalue weighted by Gasteiger charge is 2.21. The minimum Gasteiger partial charge on any atom is -0.207 e. The molecule has 0 atom stereocenters. The molecule has 0 aliphatic carbocycles. The monoisotopic (exact) mass is 424 g/mol. The van der Waals surface area contributed by atoms with Gasteiger partial charge >= 0.3 is 0 Å². The Morgan fingerprint density at radius 3 is 1.75 bits per heavy atom. The Kier molecular flexibility index (Phi) is 7.77. The molecule has 0 radical (unpaired) electrons. The molecule has 0 heterocycles. The van der Waals surface area contributed by atoms with Crippen LogP contribution in [0.15, 0.2) is 58.3 Å². The molecule has 0 spiro atoms. The molecule has 0 saturated carbocycles. The number of benzene rings is 2. The van der Waals surface area contributed by atoms with E-state index in [2.05, 4.69) is 11.6 Å². The smallest absolute Gasteiger partial charge is 0.207 e. The number of rotatable bonds is 10. The van der Waals surface area contributed by atoms with Crippen LogP contribution in [-0.4, -0.2) is 34.2 Å². The van der Waals surface area contributed by atoms with Crippen molar-refractivity contribution in [2.45, 2.75) is 49.9 Å². The molecular formula is C20H28N2O4S2. The molecule has 0 aliphatic rings. The Bertz CT molecular complexity index is 964. The van der Waals surface area contributed by atoms with E-state index in [1.54, 1.807) is 38.1 Å². The second-order valence-electron chi connectivity index (χ2n) is 6.45. The summed E-state index contributed by atoms with van der Waals surface area (Å²) >= 11 is 0. The summed E-state index contributed by atoms with van der Waals surface area (Å²) in [4.78, 5) is 0.419. The van der Waals surface area contributed by atoms with Crippen LogP contribution in [0.2, 0.25) is 0 Å². The highest BCUT2D eigenvalue weighted by atomic mass is 32.2. The number of sulfonamides is 2. The van der Waals surface area contributed by atoms with E-state index < -0.39 is 20.0 Å². The minimum atomic E-state index is -3.63. The second-order valence-corrected chi connectivity index (χ2v) is 10.2. The van der Waals surface area contributed by atoms with Crippen molar-refractivity contribution in [1.29, 1.82) is 0 Å². The lowest BCUT2D eigenvalue weighted by Crippen LogP contribution is -2.30. The highest BCUT2D eigenvalue weighted by Crippen LogP contribution is 2.17. The van der Waals surface area contributed by atoms with Gasteiger partial charge in [-0.3, -0.25) is 0 Å². The molecule has 0 unspecified atom stereocenters. The molecule has 0 saturated heterocycles. The molecule has 2 aromatic carbocycles. The van der Waals surface area contributed by atoms with Crippen molar-refractivity contribution >= 4 is 20.0 Å². The largest absolute Gasteiger partial charge is 0.243 e. The van der Waals surface area contributed by atoms with Crippen molar-refractivity contribution in [2.75, 3.05) is 13.1 Å². The van der Waals surface area contributed by atoms with Gasteiger partial charge < -0.3 is 0 Å². The number of hydrogen-bond donors (Lipinski definition) is 1. The van der Waals surface area contributed by atoms with Crippen LogP contribution in [0.4, 0.5) is 0 Å². The Hall–Kier alpha value is -1.74. The molecular weight excluding hydrogens is 396 g/mol. The zero-order valence-electron chi connectivity index (χ0n) is 16.6. The maximum Gasteiger partial charge on any atom is 0.243 e. The molecule has 28 heavy (non-hydrogen) atoms. The Morgan fingerprint density at radius 1 is 0.750 bits per heavy atom. The fraction of sp³-hybridized carbons (Fsp3) is 0.400. The lowest BCUT2D eigenvalue weighted by Gasteiger charge is -2.18. The van der Waals surface area contributed by atoms with Crippen molar-refractivity contribution in [2.24, 2.45) is 0 Å². The van der Waals surface area contributed by atoms with E-state index in [0.717, 1.165) is 18.4 Å². The predicted molar refractivity (Wildman–Crippen MR) is 111 cm³/mol. The summed E-state index contributed by atoms with van der Waals surface area (Å²) in [5, 5.41) is 0. The van der Waals surface area contributed by atoms with Crippen molar-refractivity contribution in [3.05, 3.63) is 59.7 Å². The van der Waals surface area contributed by atoms with Gasteiger partial charge in [0.15, 0.2) is 0 Å². The lowest BCUT2D eigenvalue weighted by atomic mass is 10.1. The Labute approximate surface area is 168 Å². The summed E-state index contributed by atoms with van der Waals surface area (Å²) in [6.45, 7) is 6.54. The van der Waals surface area contributed by atoms with E-state index >= 15 is 0 Å². The second kappa shape index (κ2) is 9.65. The van der Waals surface area contributed by atoms with Gasteiger partial charge in [0.2, 0.25) is 20.0 Å². The van der Waals surface area contributed by atoms with Gasteiger partial charge in [-0.1, -0.05) is 51.5 Å². The molecule has 6 nitrogen and oxygen atoms in total. The van der Waals surface area contributed by atoms with Crippen molar-refractivity contribution in [3.8, 4) is 0 Å². The zero-order chi connectivity index (χ0) is 20.8. The zero-order valence-corrected chi connectivity index (χ0v) is 18.2. The summed E-state index contributed by atoms with van der Waals surface area (Å²) in [6.07, 6.45) is 1.92. The SMILES string of the molecule is CCCc1ccc(S(=O)(=O)NCc2ccc(S(=O)(=O)N(CC)CC)cc2)cc1. The first-order chi connectivity index (χ1) is 13.2. The summed E-state index contributed by atoms with van der Waals surface area (Å²) in [7, 11) is -7.15. The molecule has 154 valence electrons. The molecule has 0 aromatic heterocycles. The van der Waals surface area contributed by atoms with Crippen LogP contribution in [-0.2, 0) is 33.0 Å². The van der Waals surface area contributed by atoms with Gasteiger partial charge in [-0.15, -0.1) is 0 Å². The molecule has 2 rings (SSSR count). The highest BCUT2D eigenvalue weighted by molar-refractivity contribution is 7.89. The van der Waals surface area contributed by atoms with Crippen LogP contribution >= 0.6 is 0 Å². The van der Waals surface area contributed by atoms with E-state index in [1.165, 1.54) is 16.4 Å². The first-order valence-electron chi connectivity index (χ1n) is 9.42. The van der Waals surface area contributed by atoms with Crippen molar-refractivity contribution in [3.63, 3.8) is 0 Å². The van der Waals surface area contributed by atoms with Gasteiger partial charge in [0.05, 0.1) is 9.79 Å². The van der Waals surface area contributed by atoms with Gasteiger partial charge in [0, 0.05) is 19.6 Å². The van der Waals surface area contributed by atoms with Crippen LogP contribution in [0.3, 0.4) is 0 Å². The number of nitrogens with one attached hydrogen (secondary N) is 1. The third kappa shape index (κ3) is 5.41. The van der Waals surface area contributed by atoms with Gasteiger partial charge in [-0.05, 0) is 41.8 Å². The van der Waals surface area contributed by atoms with Gasteiger partial charge in [-0.25, -0.2) is 21.6 Å². The summed E-state index contributed by atoms with van der Waals surface area (Å²) in [5.74, 6) is 0. The molecule has 0 aliphatic heterocycles. The third-order valence-corrected chi connectivity index (χ3v) is 7.99. The van der Waals surface area contributed by atoms with E-state index in [1.807, 2.05) is 12.1 Å². The third-order valence-electron chi connectivity index (χ3n) is 4.51. The quantitative estimate of drug-likeness (QED) is 0.635. The van der Waals surface area contributed by atoms with Crippen LogP contribution in [0.25, 0.3) is 0 Å². The van der Waals surface area contributed by atoms with Gasteiger partial charge in [-0.2, -0.15) is 4.31 Å². The molecule has 2 aromatic rings. The molecule has 0 amide bonds. The lowest BCUT2D eigenvalue weighted by molar-refractivity contribution is 0.445. The van der Waals surface area contributed by atoms with Gasteiger partial charge in [0.25, 0.3) is 0 Å². The van der Waals surface area contributed by atoms with E-state index in [9.17, 15) is 16.8 Å². The fourth-order valence-corrected chi connectivity index (χ4v) is 5.35. The first kappa shape index (κ1) is 22.5. The van der Waals surface area contributed by atoms with Crippen LogP contribution in [0.1, 0.15) is 38.3 Å². The summed E-state index contributed by atoms with van der Waals surface area (Å²) < 4.78 is 53.8. The topological polar surface area (TPSA) is 83.5 Å². The molecule has 0 fully saturated rings. The van der Waals surface area contributed by atoms with Crippen LogP contribution in [0.5, 0.6) is 0 Å². The van der Waals surface area contributed by atoms with E-state index in [-0.39, 0.29) is 16.3 Å². The maximum absolute atomic E-state index is 12.5. The average Bonchev–Trinajstić information content (AvgIpc) is 2.68. The summed E-state index contributed by atoms with van der Waals surface area (Å²) in [5.41, 5.74) is 1.79. The maximum atomic E-state index is 12.5. The first-order valence-corrected chi connectivity index (χ1v) is 12.3. The Morgan fingerprint density at radius 2 is 1.25 bits per heavy atom. The normalized spacial score (nSPS) is 12.4. The number of nitrogens with zero attached hydrogens (tertiary/aromatic N) is 1. The van der Waals surface area contributed by atoms with Crippen molar-refractivity contribution < 1.29 is 16.8 Å². The van der Waals surface area contributed by atoms with Gasteiger partial charge in [0.1, 0.15) is 0 Å². The van der Waals surface area contributed by atoms with Crippen LogP contribution < -0.4 is 4.72 Å². The standard InChI is InChI=1S/C20H28N2O4S2/c1-4-7-17-8-12-19(13-9-17)27(23,24)21-16-18-10-14-20(15-11-18)28(25,26)22(5-2)6-3/h8-15,21H,4-7,16H2,1-3H3. The fourth-order valence-electron chi connectivity index (χ4n) is 2.88.